The molecule has 1 fully saturated rings. The number of sulfonamides is 1. The molecule has 1 unspecified atom stereocenters. The number of hydrogen-bond acceptors (Lipinski definition) is 6. The molecular weight excluding hydrogens is 354 g/mol. The van der Waals surface area contributed by atoms with E-state index in [1.54, 1.807) is 0 Å². The highest BCUT2D eigenvalue weighted by Gasteiger charge is 2.27. The topological polar surface area (TPSA) is 98.8 Å². The lowest BCUT2D eigenvalue weighted by Gasteiger charge is -2.11. The van der Waals surface area contributed by atoms with Gasteiger partial charge in [0.05, 0.1) is 30.6 Å². The number of hydrogen-bond donors (Lipinski definition) is 1. The first-order valence-electron chi connectivity index (χ1n) is 7.69. The van der Waals surface area contributed by atoms with E-state index in [9.17, 15) is 16.8 Å². The van der Waals surface area contributed by atoms with Crippen LogP contribution in [0.1, 0.15) is 19.3 Å². The minimum Gasteiger partial charge on any atom is -0.493 e. The summed E-state index contributed by atoms with van der Waals surface area (Å²) in [5, 5.41) is 0. The Morgan fingerprint density at radius 3 is 2.50 bits per heavy atom. The SMILES string of the molecule is COc1ccc(S(=O)(=O)NCCCC2CCS(=O)(=O)C2)cc1OC. The van der Waals surface area contributed by atoms with E-state index >= 15 is 0 Å². The highest BCUT2D eigenvalue weighted by atomic mass is 32.2. The monoisotopic (exact) mass is 377 g/mol. The maximum atomic E-state index is 12.3. The lowest BCUT2D eigenvalue weighted by molar-refractivity contribution is 0.354. The third kappa shape index (κ3) is 4.84. The Kier molecular flexibility index (Phi) is 6.11. The summed E-state index contributed by atoms with van der Waals surface area (Å²) in [5.74, 6) is 1.40. The summed E-state index contributed by atoms with van der Waals surface area (Å²) in [4.78, 5) is 0.101. The van der Waals surface area contributed by atoms with Crippen LogP contribution in [0.3, 0.4) is 0 Å². The summed E-state index contributed by atoms with van der Waals surface area (Å²) in [6.07, 6.45) is 1.98. The molecule has 0 amide bonds. The van der Waals surface area contributed by atoms with E-state index < -0.39 is 19.9 Å². The quantitative estimate of drug-likeness (QED) is 0.684. The molecule has 0 saturated carbocycles. The highest BCUT2D eigenvalue weighted by Crippen LogP contribution is 2.29. The van der Waals surface area contributed by atoms with Crippen LogP contribution in [0.25, 0.3) is 0 Å². The molecule has 1 N–H and O–H groups in total. The van der Waals surface area contributed by atoms with Crippen molar-refractivity contribution in [2.24, 2.45) is 5.92 Å². The Balaban J connectivity index is 1.90. The summed E-state index contributed by atoms with van der Waals surface area (Å²) in [5.41, 5.74) is 0. The minimum absolute atomic E-state index is 0.101. The number of sulfone groups is 1. The van der Waals surface area contributed by atoms with Crippen LogP contribution in [0.2, 0.25) is 0 Å². The van der Waals surface area contributed by atoms with Crippen molar-refractivity contribution >= 4 is 19.9 Å². The first-order valence-corrected chi connectivity index (χ1v) is 11.0. The van der Waals surface area contributed by atoms with Crippen LogP contribution in [-0.2, 0) is 19.9 Å². The second-order valence-electron chi connectivity index (χ2n) is 5.83. The Morgan fingerprint density at radius 2 is 1.92 bits per heavy atom. The van der Waals surface area contributed by atoms with E-state index in [1.807, 2.05) is 0 Å². The van der Waals surface area contributed by atoms with E-state index in [0.717, 1.165) is 0 Å². The molecular formula is C15H23NO6S2. The molecule has 1 aliphatic rings. The van der Waals surface area contributed by atoms with E-state index in [-0.39, 0.29) is 28.9 Å². The Bertz CT molecular complexity index is 773. The summed E-state index contributed by atoms with van der Waals surface area (Å²) >= 11 is 0. The fourth-order valence-electron chi connectivity index (χ4n) is 2.76. The van der Waals surface area contributed by atoms with E-state index in [0.29, 0.717) is 30.8 Å². The summed E-state index contributed by atoms with van der Waals surface area (Å²) < 4.78 is 60.1. The van der Waals surface area contributed by atoms with Gasteiger partial charge in [-0.3, -0.25) is 0 Å². The van der Waals surface area contributed by atoms with Gasteiger partial charge in [0.15, 0.2) is 21.3 Å². The molecule has 0 radical (unpaired) electrons. The van der Waals surface area contributed by atoms with Gasteiger partial charge in [-0.15, -0.1) is 0 Å². The van der Waals surface area contributed by atoms with Crippen LogP contribution >= 0.6 is 0 Å². The zero-order valence-corrected chi connectivity index (χ0v) is 15.5. The van der Waals surface area contributed by atoms with Gasteiger partial charge in [-0.25, -0.2) is 21.6 Å². The molecule has 1 aliphatic heterocycles. The van der Waals surface area contributed by atoms with Crippen LogP contribution in [0.15, 0.2) is 23.1 Å². The number of ether oxygens (including phenoxy) is 2. The Labute approximate surface area is 143 Å². The van der Waals surface area contributed by atoms with Gasteiger partial charge in [-0.2, -0.15) is 0 Å². The van der Waals surface area contributed by atoms with Crippen LogP contribution in [0.4, 0.5) is 0 Å². The number of benzene rings is 1. The van der Waals surface area contributed by atoms with Crippen molar-refractivity contribution in [3.8, 4) is 11.5 Å². The van der Waals surface area contributed by atoms with E-state index in [4.69, 9.17) is 9.47 Å². The summed E-state index contributed by atoms with van der Waals surface area (Å²) in [6.45, 7) is 0.271. The molecule has 0 aliphatic carbocycles. The van der Waals surface area contributed by atoms with Gasteiger partial charge < -0.3 is 9.47 Å². The first-order chi connectivity index (χ1) is 11.3. The Hall–Kier alpha value is -1.32. The van der Waals surface area contributed by atoms with Gasteiger partial charge in [-0.05, 0) is 37.3 Å². The number of methoxy groups -OCH3 is 2. The Morgan fingerprint density at radius 1 is 1.21 bits per heavy atom. The van der Waals surface area contributed by atoms with Gasteiger partial charge in [0.1, 0.15) is 0 Å². The molecule has 0 spiro atoms. The number of rotatable bonds is 8. The smallest absolute Gasteiger partial charge is 0.240 e. The van der Waals surface area contributed by atoms with Gasteiger partial charge in [0.2, 0.25) is 10.0 Å². The lowest BCUT2D eigenvalue weighted by atomic mass is 10.0. The van der Waals surface area contributed by atoms with Crippen molar-refractivity contribution in [3.05, 3.63) is 18.2 Å². The van der Waals surface area contributed by atoms with E-state index in [1.165, 1.54) is 32.4 Å². The van der Waals surface area contributed by atoms with Crippen LogP contribution < -0.4 is 14.2 Å². The fraction of sp³-hybridized carbons (Fsp3) is 0.600. The average Bonchev–Trinajstić information content (AvgIpc) is 2.90. The van der Waals surface area contributed by atoms with Gasteiger partial charge in [0, 0.05) is 12.6 Å². The maximum Gasteiger partial charge on any atom is 0.240 e. The molecule has 1 atom stereocenters. The molecule has 2 rings (SSSR count). The van der Waals surface area contributed by atoms with Crippen LogP contribution in [-0.4, -0.2) is 49.1 Å². The third-order valence-electron chi connectivity index (χ3n) is 4.07. The molecule has 1 aromatic carbocycles. The largest absolute Gasteiger partial charge is 0.493 e. The predicted octanol–water partition coefficient (Wildman–Crippen LogP) is 1.20. The first kappa shape index (κ1) is 19.0. The molecule has 1 aromatic rings. The molecule has 1 heterocycles. The van der Waals surface area contributed by atoms with Gasteiger partial charge in [-0.1, -0.05) is 0 Å². The summed E-state index contributed by atoms with van der Waals surface area (Å²) in [6, 6.07) is 4.40. The highest BCUT2D eigenvalue weighted by molar-refractivity contribution is 7.91. The maximum absolute atomic E-state index is 12.3. The van der Waals surface area contributed by atoms with Crippen molar-refractivity contribution in [2.75, 3.05) is 32.3 Å². The van der Waals surface area contributed by atoms with Gasteiger partial charge in [0.25, 0.3) is 0 Å². The summed E-state index contributed by atoms with van der Waals surface area (Å²) in [7, 11) is -3.60. The van der Waals surface area contributed by atoms with Crippen molar-refractivity contribution in [3.63, 3.8) is 0 Å². The molecule has 1 saturated heterocycles. The van der Waals surface area contributed by atoms with Crippen molar-refractivity contribution < 1.29 is 26.3 Å². The van der Waals surface area contributed by atoms with Crippen molar-refractivity contribution in [1.82, 2.24) is 4.72 Å². The number of nitrogens with one attached hydrogen (secondary N) is 1. The molecule has 24 heavy (non-hydrogen) atoms. The molecule has 7 nitrogen and oxygen atoms in total. The van der Waals surface area contributed by atoms with Gasteiger partial charge >= 0.3 is 0 Å². The minimum atomic E-state index is -3.64. The fourth-order valence-corrected chi connectivity index (χ4v) is 5.76. The molecule has 136 valence electrons. The second-order valence-corrected chi connectivity index (χ2v) is 9.82. The molecule has 0 bridgehead atoms. The van der Waals surface area contributed by atoms with Crippen LogP contribution in [0.5, 0.6) is 11.5 Å². The second kappa shape index (κ2) is 7.71. The normalized spacial score (nSPS) is 20.0. The molecule has 0 aromatic heterocycles. The van der Waals surface area contributed by atoms with E-state index in [2.05, 4.69) is 4.72 Å². The standard InChI is InChI=1S/C15H23NO6S2/c1-21-14-6-5-13(10-15(14)22-2)24(19,20)16-8-3-4-12-7-9-23(17,18)11-12/h5-6,10,12,16H,3-4,7-9,11H2,1-2H3. The van der Waals surface area contributed by atoms with Crippen molar-refractivity contribution in [2.45, 2.75) is 24.2 Å². The zero-order chi connectivity index (χ0) is 17.8. The third-order valence-corrected chi connectivity index (χ3v) is 7.37. The predicted molar refractivity (Wildman–Crippen MR) is 90.7 cm³/mol. The lowest BCUT2D eigenvalue weighted by Crippen LogP contribution is -2.25. The van der Waals surface area contributed by atoms with Crippen molar-refractivity contribution in [1.29, 1.82) is 0 Å². The zero-order valence-electron chi connectivity index (χ0n) is 13.8. The molecule has 9 heteroatoms. The average molecular weight is 377 g/mol. The van der Waals surface area contributed by atoms with Crippen LogP contribution in [0, 0.1) is 5.92 Å².